The lowest BCUT2D eigenvalue weighted by Crippen LogP contribution is -2.46. The van der Waals surface area contributed by atoms with Crippen LogP contribution in [0.25, 0.3) is 0 Å². The summed E-state index contributed by atoms with van der Waals surface area (Å²) in [6.07, 6.45) is 0.675. The maximum Gasteiger partial charge on any atom is 0.172 e. The van der Waals surface area contributed by atoms with Gasteiger partial charge in [-0.2, -0.15) is 0 Å². The summed E-state index contributed by atoms with van der Waals surface area (Å²) in [5, 5.41) is 3.04. The highest BCUT2D eigenvalue weighted by Crippen LogP contribution is 2.27. The molecule has 1 rings (SSSR count). The Morgan fingerprint density at radius 3 is 2.33 bits per heavy atom. The van der Waals surface area contributed by atoms with Gasteiger partial charge in [0.15, 0.2) is 11.5 Å². The van der Waals surface area contributed by atoms with Gasteiger partial charge in [-0.25, -0.2) is 4.39 Å². The average Bonchev–Trinajstić information content (AvgIpc) is 2.04. The van der Waals surface area contributed by atoms with Crippen LogP contribution >= 0.6 is 0 Å². The fourth-order valence-electron chi connectivity index (χ4n) is 1.59. The minimum absolute atomic E-state index is 0.187. The Labute approximate surface area is 72.5 Å². The van der Waals surface area contributed by atoms with Gasteiger partial charge in [-0.3, -0.25) is 4.79 Å². The molecule has 0 radical (unpaired) electrons. The largest absolute Gasteiger partial charge is 0.316 e. The van der Waals surface area contributed by atoms with Crippen molar-refractivity contribution in [3.63, 3.8) is 0 Å². The zero-order chi connectivity index (χ0) is 9.19. The Hall–Kier alpha value is -0.440. The highest BCUT2D eigenvalue weighted by Gasteiger charge is 2.40. The molecule has 1 aliphatic rings. The number of halogens is 1. The topological polar surface area (TPSA) is 29.1 Å². The van der Waals surface area contributed by atoms with Crippen LogP contribution in [0.4, 0.5) is 4.39 Å². The van der Waals surface area contributed by atoms with Crippen molar-refractivity contribution >= 4 is 5.78 Å². The van der Waals surface area contributed by atoms with E-state index in [1.807, 2.05) is 0 Å². The van der Waals surface area contributed by atoms with Gasteiger partial charge in [0, 0.05) is 18.8 Å². The van der Waals surface area contributed by atoms with Crippen LogP contribution < -0.4 is 5.32 Å². The molecule has 0 saturated carbocycles. The molecule has 70 valence electrons. The van der Waals surface area contributed by atoms with Crippen LogP contribution in [0.3, 0.4) is 0 Å². The number of carbonyl (C=O) groups is 1. The van der Waals surface area contributed by atoms with Gasteiger partial charge in [0.2, 0.25) is 0 Å². The van der Waals surface area contributed by atoms with Crippen molar-refractivity contribution in [2.24, 2.45) is 5.92 Å². The lowest BCUT2D eigenvalue weighted by molar-refractivity contribution is -0.135. The van der Waals surface area contributed by atoms with Crippen molar-refractivity contribution in [2.45, 2.75) is 32.4 Å². The number of hydrogen-bond acceptors (Lipinski definition) is 2. The summed E-state index contributed by atoms with van der Waals surface area (Å²) in [6, 6.07) is 0. The molecule has 0 unspecified atom stereocenters. The maximum absolute atomic E-state index is 13.8. The van der Waals surface area contributed by atoms with E-state index in [0.29, 0.717) is 25.9 Å². The van der Waals surface area contributed by atoms with Gasteiger partial charge in [0.25, 0.3) is 0 Å². The Morgan fingerprint density at radius 2 is 1.92 bits per heavy atom. The first-order chi connectivity index (χ1) is 5.56. The fraction of sp³-hybridized carbons (Fsp3) is 0.889. The zero-order valence-corrected chi connectivity index (χ0v) is 7.69. The molecule has 1 aliphatic heterocycles. The number of Topliss-reactive ketones (excluding diaryl/α,β-unsaturated/α-hetero) is 1. The molecule has 0 aromatic rings. The van der Waals surface area contributed by atoms with Gasteiger partial charge >= 0.3 is 0 Å². The molecular weight excluding hydrogens is 157 g/mol. The van der Waals surface area contributed by atoms with Crippen LogP contribution in [0.2, 0.25) is 0 Å². The van der Waals surface area contributed by atoms with Gasteiger partial charge in [-0.05, 0) is 13.1 Å². The third-order valence-corrected chi connectivity index (χ3v) is 2.36. The fourth-order valence-corrected chi connectivity index (χ4v) is 1.59. The molecule has 1 saturated heterocycles. The van der Waals surface area contributed by atoms with Crippen LogP contribution in [0, 0.1) is 5.92 Å². The van der Waals surface area contributed by atoms with E-state index in [4.69, 9.17) is 0 Å². The predicted molar refractivity (Wildman–Crippen MR) is 45.8 cm³/mol. The van der Waals surface area contributed by atoms with Gasteiger partial charge < -0.3 is 5.32 Å². The molecule has 1 fully saturated rings. The number of hydrogen-bond donors (Lipinski definition) is 1. The SMILES string of the molecule is CC(C)C(=O)C1(F)CCNCC1. The number of rotatable bonds is 2. The van der Waals surface area contributed by atoms with E-state index in [1.165, 1.54) is 0 Å². The van der Waals surface area contributed by atoms with E-state index < -0.39 is 5.67 Å². The molecular formula is C9H16FNO. The molecule has 0 bridgehead atoms. The lowest BCUT2D eigenvalue weighted by Gasteiger charge is -2.29. The quantitative estimate of drug-likeness (QED) is 0.682. The molecule has 0 aromatic carbocycles. The van der Waals surface area contributed by atoms with E-state index in [9.17, 15) is 9.18 Å². The lowest BCUT2D eigenvalue weighted by atomic mass is 9.85. The Bertz CT molecular complexity index is 173. The highest BCUT2D eigenvalue weighted by atomic mass is 19.1. The first kappa shape index (κ1) is 9.65. The molecule has 1 heterocycles. The van der Waals surface area contributed by atoms with Gasteiger partial charge in [0.1, 0.15) is 0 Å². The normalized spacial score (nSPS) is 22.7. The number of piperidine rings is 1. The third kappa shape index (κ3) is 1.83. The number of ketones is 1. The van der Waals surface area contributed by atoms with E-state index >= 15 is 0 Å². The molecule has 0 aromatic heterocycles. The summed E-state index contributed by atoms with van der Waals surface area (Å²) in [5.74, 6) is -0.419. The minimum Gasteiger partial charge on any atom is -0.316 e. The van der Waals surface area contributed by atoms with E-state index in [0.717, 1.165) is 0 Å². The number of carbonyl (C=O) groups excluding carboxylic acids is 1. The van der Waals surface area contributed by atoms with Gasteiger partial charge in [-0.15, -0.1) is 0 Å². The summed E-state index contributed by atoms with van der Waals surface area (Å²) in [6.45, 7) is 4.75. The van der Waals surface area contributed by atoms with Gasteiger partial charge in [0.05, 0.1) is 0 Å². The van der Waals surface area contributed by atoms with Gasteiger partial charge in [-0.1, -0.05) is 13.8 Å². The summed E-state index contributed by atoms with van der Waals surface area (Å²) < 4.78 is 13.8. The zero-order valence-electron chi connectivity index (χ0n) is 7.69. The van der Waals surface area contributed by atoms with Crippen molar-refractivity contribution < 1.29 is 9.18 Å². The van der Waals surface area contributed by atoms with Crippen molar-refractivity contribution in [1.29, 1.82) is 0 Å². The third-order valence-electron chi connectivity index (χ3n) is 2.36. The Morgan fingerprint density at radius 1 is 1.42 bits per heavy atom. The van der Waals surface area contributed by atoms with E-state index in [2.05, 4.69) is 5.32 Å². The predicted octanol–water partition coefficient (Wildman–Crippen LogP) is 1.30. The molecule has 0 atom stereocenters. The van der Waals surface area contributed by atoms with Crippen molar-refractivity contribution in [3.8, 4) is 0 Å². The second-order valence-corrected chi connectivity index (χ2v) is 3.73. The minimum atomic E-state index is -1.54. The molecule has 1 N–H and O–H groups in total. The summed E-state index contributed by atoms with van der Waals surface area (Å²) in [4.78, 5) is 11.4. The van der Waals surface area contributed by atoms with Crippen LogP contribution in [0.5, 0.6) is 0 Å². The first-order valence-corrected chi connectivity index (χ1v) is 4.50. The monoisotopic (exact) mass is 173 g/mol. The van der Waals surface area contributed by atoms with Crippen LogP contribution in [0.1, 0.15) is 26.7 Å². The Kier molecular flexibility index (Phi) is 2.83. The maximum atomic E-state index is 13.8. The van der Waals surface area contributed by atoms with Crippen molar-refractivity contribution in [1.82, 2.24) is 5.32 Å². The van der Waals surface area contributed by atoms with E-state index in [-0.39, 0.29) is 11.7 Å². The number of nitrogens with one attached hydrogen (secondary N) is 1. The molecule has 3 heteroatoms. The molecule has 0 spiro atoms. The van der Waals surface area contributed by atoms with Crippen molar-refractivity contribution in [2.75, 3.05) is 13.1 Å². The molecule has 0 amide bonds. The highest BCUT2D eigenvalue weighted by molar-refractivity contribution is 5.88. The van der Waals surface area contributed by atoms with Crippen LogP contribution in [-0.2, 0) is 4.79 Å². The number of alkyl halides is 1. The van der Waals surface area contributed by atoms with Crippen LogP contribution in [0.15, 0.2) is 0 Å². The second kappa shape index (κ2) is 3.52. The molecule has 12 heavy (non-hydrogen) atoms. The second-order valence-electron chi connectivity index (χ2n) is 3.73. The average molecular weight is 173 g/mol. The summed E-state index contributed by atoms with van der Waals surface area (Å²) in [5.41, 5.74) is -1.54. The summed E-state index contributed by atoms with van der Waals surface area (Å²) in [7, 11) is 0. The first-order valence-electron chi connectivity index (χ1n) is 4.50. The molecule has 2 nitrogen and oxygen atoms in total. The van der Waals surface area contributed by atoms with E-state index in [1.54, 1.807) is 13.8 Å². The standard InChI is InChI=1S/C9H16FNO/c1-7(2)8(12)9(10)3-5-11-6-4-9/h7,11H,3-6H2,1-2H3. The van der Waals surface area contributed by atoms with Crippen molar-refractivity contribution in [3.05, 3.63) is 0 Å². The molecule has 0 aliphatic carbocycles. The van der Waals surface area contributed by atoms with Crippen LogP contribution in [-0.4, -0.2) is 24.5 Å². The Balaban J connectivity index is 2.62. The summed E-state index contributed by atoms with van der Waals surface area (Å²) >= 11 is 0. The smallest absolute Gasteiger partial charge is 0.172 e.